The highest BCUT2D eigenvalue weighted by atomic mass is 32.2. The molecule has 0 bridgehead atoms. The van der Waals surface area contributed by atoms with Crippen molar-refractivity contribution in [2.45, 2.75) is 41.5 Å². The fourth-order valence-corrected chi connectivity index (χ4v) is 6.58. The molecule has 0 amide bonds. The lowest BCUT2D eigenvalue weighted by molar-refractivity contribution is -0.245. The number of benzene rings is 1. The molecule has 2 fully saturated rings. The van der Waals surface area contributed by atoms with Gasteiger partial charge < -0.3 is 33.2 Å². The molecular weight excluding hydrogens is 537 g/mol. The summed E-state index contributed by atoms with van der Waals surface area (Å²) in [6.45, 7) is 1.47. The van der Waals surface area contributed by atoms with E-state index in [0.29, 0.717) is 16.6 Å². The smallest absolute Gasteiger partial charge is 0.756 e. The second kappa shape index (κ2) is 8.64. The molecule has 4 aromatic heterocycles. The van der Waals surface area contributed by atoms with E-state index in [1.165, 1.54) is 27.0 Å². The van der Waals surface area contributed by atoms with E-state index in [4.69, 9.17) is 18.2 Å². The molecule has 6 heterocycles. The lowest BCUT2D eigenvalue weighted by atomic mass is 10.1. The number of hydrogen-bond acceptors (Lipinski definition) is 11. The number of H-pyrrole nitrogens is 1. The van der Waals surface area contributed by atoms with Crippen LogP contribution >= 0.6 is 19.6 Å². The Morgan fingerprint density at radius 3 is 2.84 bits per heavy atom. The van der Waals surface area contributed by atoms with Crippen LogP contribution in [0.3, 0.4) is 0 Å². The summed E-state index contributed by atoms with van der Waals surface area (Å²) in [5.74, 6) is 0.885. The Labute approximate surface area is 219 Å². The van der Waals surface area contributed by atoms with Crippen molar-refractivity contribution in [2.24, 2.45) is 0 Å². The zero-order chi connectivity index (χ0) is 26.2. The van der Waals surface area contributed by atoms with Gasteiger partial charge in [-0.05, 0) is 30.3 Å². The van der Waals surface area contributed by atoms with Crippen LogP contribution in [0.25, 0.3) is 28.2 Å². The molecule has 7 rings (SSSR count). The fourth-order valence-electron chi connectivity index (χ4n) is 4.69. The van der Waals surface area contributed by atoms with Gasteiger partial charge in [0.05, 0.1) is 23.5 Å². The van der Waals surface area contributed by atoms with Crippen LogP contribution in [-0.4, -0.2) is 53.9 Å². The molecule has 15 heteroatoms. The molecule has 0 saturated carbocycles. The first-order chi connectivity index (χ1) is 18.3. The van der Waals surface area contributed by atoms with E-state index in [1.54, 1.807) is 19.2 Å². The van der Waals surface area contributed by atoms with Gasteiger partial charge in [-0.25, -0.2) is 9.38 Å². The molecule has 13 nitrogen and oxygen atoms in total. The second-order valence-electron chi connectivity index (χ2n) is 8.89. The number of phosphoric ester groups is 1. The SMILES string of the molecule is Cc1occc1Sc1nc2c(=O)n3cc(-c4ccccc4)[nH]c3nc2n1[C@@H]1OC2COP(=O)([O-])O[C@H]2C1O.[H+]. The number of furan rings is 1. The van der Waals surface area contributed by atoms with E-state index in [9.17, 15) is 19.4 Å². The summed E-state index contributed by atoms with van der Waals surface area (Å²) in [7, 11) is -4.58. The summed E-state index contributed by atoms with van der Waals surface area (Å²) >= 11 is 1.19. The largest absolute Gasteiger partial charge is 1.00 e. The monoisotopic (exact) mass is 557 g/mol. The van der Waals surface area contributed by atoms with Crippen LogP contribution in [0.5, 0.6) is 0 Å². The number of aryl methyl sites for hydroxylation is 1. The van der Waals surface area contributed by atoms with Crippen LogP contribution in [0.2, 0.25) is 0 Å². The molecule has 5 atom stereocenters. The number of ether oxygens (including phenoxy) is 1. The molecule has 0 aliphatic carbocycles. The molecule has 5 aromatic rings. The van der Waals surface area contributed by atoms with Gasteiger partial charge >= 0.3 is 1.43 Å². The number of aromatic nitrogens is 5. The Bertz CT molecular complexity index is 1800. The normalized spacial score (nSPS) is 27.3. The summed E-state index contributed by atoms with van der Waals surface area (Å²) < 4.78 is 35.9. The summed E-state index contributed by atoms with van der Waals surface area (Å²) in [6.07, 6.45) is -1.46. The summed E-state index contributed by atoms with van der Waals surface area (Å²) in [5, 5.41) is 11.4. The summed E-state index contributed by atoms with van der Waals surface area (Å²) in [6, 6.07) is 11.2. The number of phosphoric acid groups is 1. The maximum absolute atomic E-state index is 13.6. The quantitative estimate of drug-likeness (QED) is 0.311. The van der Waals surface area contributed by atoms with Crippen LogP contribution in [0.15, 0.2) is 68.1 Å². The summed E-state index contributed by atoms with van der Waals surface area (Å²) in [5.41, 5.74) is 1.30. The Balaban J connectivity index is 0.00000277. The lowest BCUT2D eigenvalue weighted by Gasteiger charge is -2.34. The maximum Gasteiger partial charge on any atom is 1.00 e. The Kier molecular flexibility index (Phi) is 5.43. The van der Waals surface area contributed by atoms with Gasteiger partial charge in [0.2, 0.25) is 5.78 Å². The highest BCUT2D eigenvalue weighted by molar-refractivity contribution is 7.99. The minimum Gasteiger partial charge on any atom is -0.756 e. The Hall–Kier alpha value is -3.23. The first kappa shape index (κ1) is 23.9. The van der Waals surface area contributed by atoms with Gasteiger partial charge in [-0.1, -0.05) is 30.3 Å². The molecule has 2 aliphatic heterocycles. The van der Waals surface area contributed by atoms with Gasteiger partial charge in [-0.2, -0.15) is 4.98 Å². The number of nitrogens with zero attached hydrogens (tertiary/aromatic N) is 4. The molecule has 196 valence electrons. The van der Waals surface area contributed by atoms with Gasteiger partial charge in [0.1, 0.15) is 24.1 Å². The second-order valence-corrected chi connectivity index (χ2v) is 11.3. The molecule has 0 radical (unpaired) electrons. The molecular formula is C23H20N5O8PS. The minimum absolute atomic E-state index is 0. The van der Waals surface area contributed by atoms with Crippen molar-refractivity contribution >= 4 is 36.5 Å². The number of aromatic amines is 1. The van der Waals surface area contributed by atoms with Crippen LogP contribution in [0.4, 0.5) is 0 Å². The van der Waals surface area contributed by atoms with Crippen molar-refractivity contribution < 1.29 is 34.2 Å². The molecule has 38 heavy (non-hydrogen) atoms. The van der Waals surface area contributed by atoms with Gasteiger partial charge in [0, 0.05) is 6.20 Å². The third kappa shape index (κ3) is 3.76. The standard InChI is InChI=1S/C23H20N5O8PS/c1-11-15(7-8-33-11)38-23-25-16-19(28(23)21-17(29)18-14(35-21)10-34-37(31,32)36-18)26-22-24-13(9-27(22)20(16)30)12-5-3-2-4-6-12/h2-9,14,17-18,21,29H,10H2,1H3,(H,24,26)(H,31,32)/t14?,17?,18-,21-/m1/s1. The van der Waals surface area contributed by atoms with Crippen molar-refractivity contribution in [3.8, 4) is 11.3 Å². The zero-order valence-corrected chi connectivity index (χ0v) is 21.3. The van der Waals surface area contributed by atoms with Crippen LogP contribution in [-0.2, 0) is 18.3 Å². The number of imidazole rings is 2. The predicted molar refractivity (Wildman–Crippen MR) is 132 cm³/mol. The third-order valence-corrected chi connectivity index (χ3v) is 8.61. The van der Waals surface area contributed by atoms with Gasteiger partial charge in [0.25, 0.3) is 13.4 Å². The lowest BCUT2D eigenvalue weighted by Crippen LogP contribution is -2.41. The van der Waals surface area contributed by atoms with Gasteiger partial charge in [0.15, 0.2) is 22.5 Å². The third-order valence-electron chi connectivity index (χ3n) is 6.53. The van der Waals surface area contributed by atoms with E-state index in [-0.39, 0.29) is 25.0 Å². The van der Waals surface area contributed by atoms with Crippen LogP contribution < -0.4 is 10.5 Å². The molecule has 2 N–H and O–H groups in total. The number of aliphatic hydroxyl groups is 1. The number of fused-ring (bicyclic) bond motifs is 3. The Morgan fingerprint density at radius 2 is 2.08 bits per heavy atom. The van der Waals surface area contributed by atoms with Crippen LogP contribution in [0, 0.1) is 6.92 Å². The van der Waals surface area contributed by atoms with Crippen molar-refractivity contribution in [3.05, 3.63) is 65.0 Å². The fraction of sp³-hybridized carbons (Fsp3) is 0.261. The summed E-state index contributed by atoms with van der Waals surface area (Å²) in [4.78, 5) is 38.6. The first-order valence-electron chi connectivity index (χ1n) is 11.6. The molecule has 3 unspecified atom stereocenters. The van der Waals surface area contributed by atoms with Gasteiger partial charge in [-0.3, -0.25) is 13.9 Å². The molecule has 0 spiro atoms. The van der Waals surface area contributed by atoms with Crippen molar-refractivity contribution in [3.63, 3.8) is 0 Å². The van der Waals surface area contributed by atoms with E-state index in [0.717, 1.165) is 10.5 Å². The van der Waals surface area contributed by atoms with E-state index >= 15 is 0 Å². The molecule has 2 saturated heterocycles. The highest BCUT2D eigenvalue weighted by Crippen LogP contribution is 2.50. The van der Waals surface area contributed by atoms with E-state index in [2.05, 4.69) is 15.0 Å². The predicted octanol–water partition coefficient (Wildman–Crippen LogP) is 2.35. The van der Waals surface area contributed by atoms with Crippen molar-refractivity contribution in [1.82, 2.24) is 23.9 Å². The number of hydrogen-bond donors (Lipinski definition) is 2. The van der Waals surface area contributed by atoms with E-state index in [1.807, 2.05) is 30.3 Å². The molecule has 2 aliphatic rings. The maximum atomic E-state index is 13.6. The Morgan fingerprint density at radius 1 is 1.26 bits per heavy atom. The van der Waals surface area contributed by atoms with Crippen molar-refractivity contribution in [1.29, 1.82) is 0 Å². The first-order valence-corrected chi connectivity index (χ1v) is 13.8. The highest BCUT2D eigenvalue weighted by Gasteiger charge is 2.51. The van der Waals surface area contributed by atoms with Crippen LogP contribution in [0.1, 0.15) is 13.4 Å². The van der Waals surface area contributed by atoms with Crippen molar-refractivity contribution in [2.75, 3.05) is 6.61 Å². The average molecular weight is 557 g/mol. The number of rotatable bonds is 4. The molecule has 1 aromatic carbocycles. The number of nitrogens with one attached hydrogen (secondary N) is 1. The van der Waals surface area contributed by atoms with Gasteiger partial charge in [-0.15, -0.1) is 0 Å². The zero-order valence-electron chi connectivity index (χ0n) is 20.6. The van der Waals surface area contributed by atoms with E-state index < -0.39 is 37.9 Å². The minimum atomic E-state index is -4.58. The topological polar surface area (TPSA) is 169 Å². The average Bonchev–Trinajstić information content (AvgIpc) is 3.66. The number of aliphatic hydroxyl groups excluding tert-OH is 1.